The minimum absolute atomic E-state index is 0.00275. The Morgan fingerprint density at radius 2 is 1.93 bits per heavy atom. The number of carbonyl (C=O) groups excluding carboxylic acids is 2. The zero-order valence-corrected chi connectivity index (χ0v) is 8.54. The third kappa shape index (κ3) is 2.72. The van der Waals surface area contributed by atoms with Crippen LogP contribution in [-0.4, -0.2) is 24.1 Å². The van der Waals surface area contributed by atoms with Gasteiger partial charge in [0.2, 0.25) is 5.60 Å². The van der Waals surface area contributed by atoms with E-state index >= 15 is 0 Å². The average Bonchev–Trinajstić information content (AvgIpc) is 2.56. The Kier molecular flexibility index (Phi) is 3.49. The van der Waals surface area contributed by atoms with Gasteiger partial charge in [0.15, 0.2) is 0 Å². The first-order valence-corrected chi connectivity index (χ1v) is 4.82. The number of rotatable bonds is 4. The van der Waals surface area contributed by atoms with Crippen molar-refractivity contribution in [2.45, 2.75) is 51.2 Å². The van der Waals surface area contributed by atoms with Gasteiger partial charge in [0.1, 0.15) is 6.10 Å². The smallest absolute Gasteiger partial charge is 0.418 e. The molecule has 4 heteroatoms. The number of ether oxygens (including phenoxy) is 2. The van der Waals surface area contributed by atoms with Crippen molar-refractivity contribution in [3.05, 3.63) is 0 Å². The summed E-state index contributed by atoms with van der Waals surface area (Å²) in [6.45, 7) is 4.25. The molecule has 0 spiro atoms. The van der Waals surface area contributed by atoms with Gasteiger partial charge in [0.05, 0.1) is 0 Å². The predicted molar refractivity (Wildman–Crippen MR) is 49.2 cm³/mol. The first-order chi connectivity index (χ1) is 6.56. The Morgan fingerprint density at radius 3 is 2.43 bits per heavy atom. The fourth-order valence-electron chi connectivity index (χ4n) is 1.45. The molecule has 1 fully saturated rings. The fourth-order valence-corrected chi connectivity index (χ4v) is 1.45. The van der Waals surface area contributed by atoms with Crippen LogP contribution < -0.4 is 0 Å². The molecule has 0 heterocycles. The molecule has 1 rings (SSSR count). The zero-order valence-electron chi connectivity index (χ0n) is 8.54. The maximum Gasteiger partial charge on any atom is 0.418 e. The second kappa shape index (κ2) is 4.44. The largest absolute Gasteiger partial charge is 0.459 e. The minimum Gasteiger partial charge on any atom is -0.459 e. The monoisotopic (exact) mass is 199 g/mol. The van der Waals surface area contributed by atoms with Crippen molar-refractivity contribution in [2.24, 2.45) is 0 Å². The highest BCUT2D eigenvalue weighted by Gasteiger charge is 2.34. The summed E-state index contributed by atoms with van der Waals surface area (Å²) in [5.74, 6) is -0.493. The Labute approximate surface area is 83.6 Å². The van der Waals surface area contributed by atoms with Crippen LogP contribution in [0, 0.1) is 0 Å². The highest BCUT2D eigenvalue weighted by atomic mass is 16.6. The number of hydrogen-bond acceptors (Lipinski definition) is 4. The molecule has 0 aromatic heterocycles. The highest BCUT2D eigenvalue weighted by molar-refractivity contribution is 5.80. The summed E-state index contributed by atoms with van der Waals surface area (Å²) in [4.78, 5) is 21.5. The van der Waals surface area contributed by atoms with Gasteiger partial charge in [0.25, 0.3) is 0 Å². The van der Waals surface area contributed by atoms with E-state index in [0.29, 0.717) is 0 Å². The van der Waals surface area contributed by atoms with Gasteiger partial charge in [-0.15, -0.1) is 0 Å². The Hall–Kier alpha value is -1.06. The lowest BCUT2D eigenvalue weighted by atomic mass is 10.1. The van der Waals surface area contributed by atoms with Gasteiger partial charge in [-0.05, 0) is 39.5 Å². The summed E-state index contributed by atoms with van der Waals surface area (Å²) in [5.41, 5.74) is -1.22. The SMILES string of the molecule is CC(C)(O[C]=O)C(=O)OC1CCCC1. The molecule has 1 radical (unpaired) electrons. The normalized spacial score (nSPS) is 17.9. The number of esters is 1. The van der Waals surface area contributed by atoms with Crippen molar-refractivity contribution in [2.75, 3.05) is 0 Å². The molecule has 0 N–H and O–H groups in total. The maximum atomic E-state index is 11.5. The second-order valence-electron chi connectivity index (χ2n) is 4.01. The van der Waals surface area contributed by atoms with Crippen LogP contribution >= 0.6 is 0 Å². The van der Waals surface area contributed by atoms with Crippen molar-refractivity contribution in [3.8, 4) is 0 Å². The van der Waals surface area contributed by atoms with Crippen LogP contribution in [-0.2, 0) is 19.1 Å². The lowest BCUT2D eigenvalue weighted by Crippen LogP contribution is -2.38. The van der Waals surface area contributed by atoms with Crippen LogP contribution in [0.1, 0.15) is 39.5 Å². The summed E-state index contributed by atoms with van der Waals surface area (Å²) in [5, 5.41) is 0. The lowest BCUT2D eigenvalue weighted by molar-refractivity contribution is -0.165. The third-order valence-electron chi connectivity index (χ3n) is 2.36. The van der Waals surface area contributed by atoms with E-state index in [0.717, 1.165) is 25.7 Å². The van der Waals surface area contributed by atoms with Crippen LogP contribution in [0.2, 0.25) is 0 Å². The molecule has 1 saturated carbocycles. The van der Waals surface area contributed by atoms with Crippen LogP contribution in [0.15, 0.2) is 0 Å². The van der Waals surface area contributed by atoms with E-state index in [1.807, 2.05) is 0 Å². The Bertz CT molecular complexity index is 216. The van der Waals surface area contributed by atoms with E-state index in [1.165, 1.54) is 20.3 Å². The van der Waals surface area contributed by atoms with Gasteiger partial charge in [-0.1, -0.05) is 0 Å². The first-order valence-electron chi connectivity index (χ1n) is 4.82. The van der Waals surface area contributed by atoms with E-state index < -0.39 is 11.6 Å². The molecule has 0 aromatic carbocycles. The molecule has 0 atom stereocenters. The molecule has 0 saturated heterocycles. The minimum atomic E-state index is -1.22. The third-order valence-corrected chi connectivity index (χ3v) is 2.36. The topological polar surface area (TPSA) is 52.6 Å². The molecular formula is C10H15O4. The van der Waals surface area contributed by atoms with Gasteiger partial charge >= 0.3 is 12.4 Å². The molecule has 1 aliphatic carbocycles. The van der Waals surface area contributed by atoms with E-state index in [2.05, 4.69) is 4.74 Å². The number of hydrogen-bond donors (Lipinski definition) is 0. The number of carbonyl (C=O) groups is 1. The highest BCUT2D eigenvalue weighted by Crippen LogP contribution is 2.23. The van der Waals surface area contributed by atoms with Crippen molar-refractivity contribution in [1.82, 2.24) is 0 Å². The molecule has 4 nitrogen and oxygen atoms in total. The van der Waals surface area contributed by atoms with Crippen LogP contribution in [0.25, 0.3) is 0 Å². The van der Waals surface area contributed by atoms with E-state index in [1.54, 1.807) is 0 Å². The first kappa shape index (κ1) is 11.0. The molecule has 0 amide bonds. The molecule has 14 heavy (non-hydrogen) atoms. The van der Waals surface area contributed by atoms with Gasteiger partial charge in [-0.2, -0.15) is 0 Å². The average molecular weight is 199 g/mol. The zero-order chi connectivity index (χ0) is 10.6. The lowest BCUT2D eigenvalue weighted by Gasteiger charge is -2.22. The molecule has 1 aliphatic rings. The standard InChI is InChI=1S/C10H15O4/c1-10(2,13-7-11)9(12)14-8-5-3-4-6-8/h8H,3-6H2,1-2H3. The molecule has 0 aliphatic heterocycles. The molecule has 79 valence electrons. The summed E-state index contributed by atoms with van der Waals surface area (Å²) in [7, 11) is 0. The summed E-state index contributed by atoms with van der Waals surface area (Å²) in [6.07, 6.45) is 4.01. The molecule has 0 unspecified atom stereocenters. The quantitative estimate of drug-likeness (QED) is 0.641. The molecular weight excluding hydrogens is 184 g/mol. The summed E-state index contributed by atoms with van der Waals surface area (Å²) >= 11 is 0. The van der Waals surface area contributed by atoms with Gasteiger partial charge in [-0.25, -0.2) is 9.59 Å². The van der Waals surface area contributed by atoms with Gasteiger partial charge in [-0.3, -0.25) is 0 Å². The second-order valence-corrected chi connectivity index (χ2v) is 4.01. The van der Waals surface area contributed by atoms with Crippen LogP contribution in [0.3, 0.4) is 0 Å². The van der Waals surface area contributed by atoms with Gasteiger partial charge < -0.3 is 9.47 Å². The van der Waals surface area contributed by atoms with E-state index in [4.69, 9.17) is 4.74 Å². The Balaban J connectivity index is 2.43. The van der Waals surface area contributed by atoms with E-state index in [9.17, 15) is 9.59 Å². The van der Waals surface area contributed by atoms with Gasteiger partial charge in [0, 0.05) is 0 Å². The van der Waals surface area contributed by atoms with Crippen molar-refractivity contribution in [3.63, 3.8) is 0 Å². The Morgan fingerprint density at radius 1 is 1.36 bits per heavy atom. The maximum absolute atomic E-state index is 11.5. The van der Waals surface area contributed by atoms with Crippen molar-refractivity contribution < 1.29 is 19.1 Å². The van der Waals surface area contributed by atoms with Crippen LogP contribution in [0.4, 0.5) is 0 Å². The molecule has 0 aromatic rings. The van der Waals surface area contributed by atoms with Crippen molar-refractivity contribution in [1.29, 1.82) is 0 Å². The fraction of sp³-hybridized carbons (Fsp3) is 0.800. The van der Waals surface area contributed by atoms with Crippen molar-refractivity contribution >= 4 is 12.4 Å². The van der Waals surface area contributed by atoms with Crippen LogP contribution in [0.5, 0.6) is 0 Å². The summed E-state index contributed by atoms with van der Waals surface area (Å²) in [6, 6.07) is 0. The summed E-state index contributed by atoms with van der Waals surface area (Å²) < 4.78 is 9.71. The van der Waals surface area contributed by atoms with E-state index in [-0.39, 0.29) is 6.10 Å². The molecule has 0 bridgehead atoms. The predicted octanol–water partition coefficient (Wildman–Crippen LogP) is 1.33.